The predicted octanol–water partition coefficient (Wildman–Crippen LogP) is 1.30. The second-order valence-corrected chi connectivity index (χ2v) is 5.75. The molecule has 2 atom stereocenters. The van der Waals surface area contributed by atoms with E-state index in [9.17, 15) is 9.59 Å². The monoisotopic (exact) mass is 252 g/mol. The highest BCUT2D eigenvalue weighted by Crippen LogP contribution is 2.33. The highest BCUT2D eigenvalue weighted by molar-refractivity contribution is 5.83. The van der Waals surface area contributed by atoms with Gasteiger partial charge in [0.1, 0.15) is 5.78 Å². The Kier molecular flexibility index (Phi) is 4.38. The first-order valence-corrected chi connectivity index (χ1v) is 7.06. The third kappa shape index (κ3) is 2.91. The van der Waals surface area contributed by atoms with Gasteiger partial charge >= 0.3 is 0 Å². The van der Waals surface area contributed by atoms with E-state index in [2.05, 4.69) is 4.90 Å². The van der Waals surface area contributed by atoms with Crippen LogP contribution in [0.1, 0.15) is 38.5 Å². The number of amides is 1. The zero-order valence-electron chi connectivity index (χ0n) is 11.5. The van der Waals surface area contributed by atoms with E-state index in [4.69, 9.17) is 0 Å². The van der Waals surface area contributed by atoms with Gasteiger partial charge in [-0.1, -0.05) is 0 Å². The zero-order valence-corrected chi connectivity index (χ0v) is 11.5. The van der Waals surface area contributed by atoms with E-state index in [-0.39, 0.29) is 11.8 Å². The maximum absolute atomic E-state index is 11.9. The van der Waals surface area contributed by atoms with E-state index < -0.39 is 0 Å². The van der Waals surface area contributed by atoms with Gasteiger partial charge in [-0.15, -0.1) is 0 Å². The van der Waals surface area contributed by atoms with Crippen molar-refractivity contribution in [3.05, 3.63) is 0 Å². The molecule has 2 fully saturated rings. The minimum atomic E-state index is 0.179. The number of likely N-dealkylation sites (tertiary alicyclic amines) is 1. The fourth-order valence-electron chi connectivity index (χ4n) is 3.30. The summed E-state index contributed by atoms with van der Waals surface area (Å²) in [6.45, 7) is 1.86. The molecule has 2 aliphatic rings. The summed E-state index contributed by atoms with van der Waals surface area (Å²) in [6, 6.07) is 0.412. The number of carbonyl (C=O) groups excluding carboxylic acids is 2. The molecule has 1 aliphatic carbocycles. The van der Waals surface area contributed by atoms with Gasteiger partial charge in [0.15, 0.2) is 0 Å². The third-order valence-electron chi connectivity index (χ3n) is 4.34. The Morgan fingerprint density at radius 2 is 2.11 bits per heavy atom. The molecule has 1 amide bonds. The summed E-state index contributed by atoms with van der Waals surface area (Å²) in [4.78, 5) is 27.5. The molecule has 0 radical (unpaired) electrons. The lowest BCUT2D eigenvalue weighted by atomic mass is 9.95. The first kappa shape index (κ1) is 13.5. The van der Waals surface area contributed by atoms with Crippen molar-refractivity contribution in [2.24, 2.45) is 5.92 Å². The molecule has 0 bridgehead atoms. The quantitative estimate of drug-likeness (QED) is 0.757. The van der Waals surface area contributed by atoms with E-state index in [0.29, 0.717) is 18.2 Å². The Morgan fingerprint density at radius 3 is 2.72 bits per heavy atom. The summed E-state index contributed by atoms with van der Waals surface area (Å²) in [5.74, 6) is 0.881. The molecular weight excluding hydrogens is 228 g/mol. The largest absolute Gasteiger partial charge is 0.349 e. The van der Waals surface area contributed by atoms with Crippen molar-refractivity contribution >= 4 is 11.7 Å². The molecule has 102 valence electrons. The summed E-state index contributed by atoms with van der Waals surface area (Å²) in [6.07, 6.45) is 5.76. The highest BCUT2D eigenvalue weighted by atomic mass is 16.2. The number of hydrogen-bond acceptors (Lipinski definition) is 3. The Bertz CT molecular complexity index is 328. The molecule has 1 saturated carbocycles. The van der Waals surface area contributed by atoms with Crippen LogP contribution >= 0.6 is 0 Å². The second kappa shape index (κ2) is 5.83. The predicted molar refractivity (Wildman–Crippen MR) is 70.3 cm³/mol. The third-order valence-corrected chi connectivity index (χ3v) is 4.34. The van der Waals surface area contributed by atoms with Gasteiger partial charge in [-0.3, -0.25) is 14.5 Å². The molecule has 0 spiro atoms. The number of hydrogen-bond donors (Lipinski definition) is 0. The summed E-state index contributed by atoms with van der Waals surface area (Å²) in [7, 11) is 3.59. The van der Waals surface area contributed by atoms with E-state index in [1.165, 1.54) is 6.42 Å². The van der Waals surface area contributed by atoms with Crippen LogP contribution in [0, 0.1) is 5.92 Å². The lowest BCUT2D eigenvalue weighted by Gasteiger charge is -2.28. The number of rotatable bonds is 4. The van der Waals surface area contributed by atoms with Crippen LogP contribution in [-0.2, 0) is 9.59 Å². The topological polar surface area (TPSA) is 40.6 Å². The van der Waals surface area contributed by atoms with Crippen molar-refractivity contribution in [3.63, 3.8) is 0 Å². The lowest BCUT2D eigenvalue weighted by molar-refractivity contribution is -0.129. The number of Topliss-reactive ketones (excluding diaryl/α,β-unsaturated/α-hetero) is 1. The van der Waals surface area contributed by atoms with Crippen LogP contribution in [0.2, 0.25) is 0 Å². The fraction of sp³-hybridized carbons (Fsp3) is 0.857. The van der Waals surface area contributed by atoms with Gasteiger partial charge in [-0.05, 0) is 32.2 Å². The molecule has 4 nitrogen and oxygen atoms in total. The maximum atomic E-state index is 11.9. The standard InChI is InChI=1S/C14H24N2O2/c1-15(2)14(18)8-10-16-9-4-6-12(16)11-5-3-7-13(11)17/h11-12H,3-10H2,1-2H3. The number of carbonyl (C=O) groups is 2. The molecule has 2 unspecified atom stereocenters. The molecule has 2 rings (SSSR count). The van der Waals surface area contributed by atoms with Gasteiger partial charge < -0.3 is 4.90 Å². The Labute approximate surface area is 109 Å². The van der Waals surface area contributed by atoms with Crippen LogP contribution < -0.4 is 0 Å². The molecule has 0 N–H and O–H groups in total. The molecule has 4 heteroatoms. The molecule has 1 saturated heterocycles. The zero-order chi connectivity index (χ0) is 13.1. The summed E-state index contributed by atoms with van der Waals surface area (Å²) in [5, 5.41) is 0. The van der Waals surface area contributed by atoms with Gasteiger partial charge in [0.05, 0.1) is 0 Å². The molecular formula is C14H24N2O2. The average Bonchev–Trinajstić information content (AvgIpc) is 2.93. The van der Waals surface area contributed by atoms with E-state index in [1.807, 2.05) is 0 Å². The van der Waals surface area contributed by atoms with Crippen LogP contribution in [0.4, 0.5) is 0 Å². The van der Waals surface area contributed by atoms with Gasteiger partial charge in [-0.2, -0.15) is 0 Å². The van der Waals surface area contributed by atoms with Crippen molar-refractivity contribution in [1.29, 1.82) is 0 Å². The van der Waals surface area contributed by atoms with Crippen molar-refractivity contribution in [3.8, 4) is 0 Å². The number of ketones is 1. The van der Waals surface area contributed by atoms with E-state index in [0.717, 1.165) is 38.8 Å². The lowest BCUT2D eigenvalue weighted by Crippen LogP contribution is -2.39. The minimum absolute atomic E-state index is 0.179. The molecule has 0 aromatic heterocycles. The van der Waals surface area contributed by atoms with Gasteiger partial charge in [0.2, 0.25) is 5.91 Å². The van der Waals surface area contributed by atoms with Gasteiger partial charge in [-0.25, -0.2) is 0 Å². The first-order chi connectivity index (χ1) is 8.59. The molecule has 18 heavy (non-hydrogen) atoms. The SMILES string of the molecule is CN(C)C(=O)CCN1CCCC1C1CCCC1=O. The van der Waals surface area contributed by atoms with Crippen molar-refractivity contribution < 1.29 is 9.59 Å². The summed E-state index contributed by atoms with van der Waals surface area (Å²) >= 11 is 0. The van der Waals surface area contributed by atoms with E-state index >= 15 is 0 Å². The summed E-state index contributed by atoms with van der Waals surface area (Å²) in [5.41, 5.74) is 0. The second-order valence-electron chi connectivity index (χ2n) is 5.75. The Morgan fingerprint density at radius 1 is 1.33 bits per heavy atom. The fourth-order valence-corrected chi connectivity index (χ4v) is 3.30. The Hall–Kier alpha value is -0.900. The Balaban J connectivity index is 1.87. The smallest absolute Gasteiger partial charge is 0.223 e. The maximum Gasteiger partial charge on any atom is 0.223 e. The van der Waals surface area contributed by atoms with Crippen molar-refractivity contribution in [1.82, 2.24) is 9.80 Å². The van der Waals surface area contributed by atoms with Crippen LogP contribution in [0.3, 0.4) is 0 Å². The average molecular weight is 252 g/mol. The number of nitrogens with zero attached hydrogens (tertiary/aromatic N) is 2. The molecule has 1 heterocycles. The van der Waals surface area contributed by atoms with E-state index in [1.54, 1.807) is 19.0 Å². The van der Waals surface area contributed by atoms with Crippen molar-refractivity contribution in [2.75, 3.05) is 27.2 Å². The molecule has 0 aromatic carbocycles. The molecule has 1 aliphatic heterocycles. The highest BCUT2D eigenvalue weighted by Gasteiger charge is 2.37. The normalized spacial score (nSPS) is 28.9. The van der Waals surface area contributed by atoms with Crippen LogP contribution in [0.15, 0.2) is 0 Å². The van der Waals surface area contributed by atoms with Gasteiger partial charge in [0.25, 0.3) is 0 Å². The van der Waals surface area contributed by atoms with Gasteiger partial charge in [0, 0.05) is 45.4 Å². The minimum Gasteiger partial charge on any atom is -0.349 e. The van der Waals surface area contributed by atoms with Crippen LogP contribution in [0.5, 0.6) is 0 Å². The summed E-state index contributed by atoms with van der Waals surface area (Å²) < 4.78 is 0. The van der Waals surface area contributed by atoms with Crippen LogP contribution in [0.25, 0.3) is 0 Å². The van der Waals surface area contributed by atoms with Crippen LogP contribution in [-0.4, -0.2) is 54.7 Å². The first-order valence-electron chi connectivity index (χ1n) is 7.06. The molecule has 0 aromatic rings. The van der Waals surface area contributed by atoms with Crippen molar-refractivity contribution in [2.45, 2.75) is 44.6 Å².